The molecule has 1 aromatic heterocycles. The third-order valence-electron chi connectivity index (χ3n) is 3.88. The van der Waals surface area contributed by atoms with Crippen molar-refractivity contribution < 1.29 is 0 Å². The standard InChI is InChI=1S/C16H19N3/c1-11-17-8-13(9-18-11)12-5-6-14-15(7-12)19(4)10-16(14,2)3/h5-9H,10H2,1-4H3. The number of rotatable bonds is 1. The molecule has 1 aliphatic rings. The summed E-state index contributed by atoms with van der Waals surface area (Å²) < 4.78 is 0. The first-order valence-corrected chi connectivity index (χ1v) is 6.62. The molecule has 0 spiro atoms. The quantitative estimate of drug-likeness (QED) is 0.781. The van der Waals surface area contributed by atoms with Crippen LogP contribution in [0.2, 0.25) is 0 Å². The Morgan fingerprint density at radius 3 is 2.47 bits per heavy atom. The lowest BCUT2D eigenvalue weighted by molar-refractivity contribution is 0.563. The summed E-state index contributed by atoms with van der Waals surface area (Å²) >= 11 is 0. The Balaban J connectivity index is 2.08. The monoisotopic (exact) mass is 253 g/mol. The van der Waals surface area contributed by atoms with Crippen LogP contribution in [0.25, 0.3) is 11.1 Å². The number of hydrogen-bond acceptors (Lipinski definition) is 3. The lowest BCUT2D eigenvalue weighted by atomic mass is 9.86. The van der Waals surface area contributed by atoms with Crippen molar-refractivity contribution in [2.24, 2.45) is 0 Å². The smallest absolute Gasteiger partial charge is 0.125 e. The molecule has 19 heavy (non-hydrogen) atoms. The Bertz CT molecular complexity index is 614. The van der Waals surface area contributed by atoms with Gasteiger partial charge in [0.05, 0.1) is 0 Å². The fraction of sp³-hybridized carbons (Fsp3) is 0.375. The SMILES string of the molecule is Cc1ncc(-c2ccc3c(c2)N(C)CC3(C)C)cn1. The molecule has 0 saturated carbocycles. The van der Waals surface area contributed by atoms with Crippen molar-refractivity contribution in [2.75, 3.05) is 18.5 Å². The Morgan fingerprint density at radius 2 is 1.79 bits per heavy atom. The van der Waals surface area contributed by atoms with E-state index in [-0.39, 0.29) is 5.41 Å². The first-order chi connectivity index (χ1) is 8.97. The molecule has 1 aromatic carbocycles. The van der Waals surface area contributed by atoms with Crippen molar-refractivity contribution in [3.8, 4) is 11.1 Å². The highest BCUT2D eigenvalue weighted by atomic mass is 15.1. The summed E-state index contributed by atoms with van der Waals surface area (Å²) in [7, 11) is 2.16. The van der Waals surface area contributed by atoms with E-state index in [2.05, 4.69) is 54.0 Å². The average Bonchev–Trinajstić information content (AvgIpc) is 2.60. The van der Waals surface area contributed by atoms with Crippen LogP contribution in [-0.2, 0) is 5.41 Å². The van der Waals surface area contributed by atoms with Gasteiger partial charge in [-0.3, -0.25) is 0 Å². The van der Waals surface area contributed by atoms with Gasteiger partial charge in [0.2, 0.25) is 0 Å². The highest BCUT2D eigenvalue weighted by Crippen LogP contribution is 2.41. The summed E-state index contributed by atoms with van der Waals surface area (Å²) in [6.07, 6.45) is 3.79. The number of anilines is 1. The zero-order chi connectivity index (χ0) is 13.6. The Morgan fingerprint density at radius 1 is 1.11 bits per heavy atom. The van der Waals surface area contributed by atoms with Gasteiger partial charge in [-0.2, -0.15) is 0 Å². The van der Waals surface area contributed by atoms with Crippen molar-refractivity contribution in [1.82, 2.24) is 9.97 Å². The zero-order valence-corrected chi connectivity index (χ0v) is 11.9. The fourth-order valence-electron chi connectivity index (χ4n) is 2.90. The molecule has 3 nitrogen and oxygen atoms in total. The molecule has 0 aliphatic carbocycles. The number of benzene rings is 1. The van der Waals surface area contributed by atoms with E-state index in [0.717, 1.165) is 17.9 Å². The Labute approximate surface area is 114 Å². The summed E-state index contributed by atoms with van der Waals surface area (Å²) in [6, 6.07) is 6.67. The van der Waals surface area contributed by atoms with Crippen LogP contribution in [0.4, 0.5) is 5.69 Å². The normalized spacial score (nSPS) is 16.5. The summed E-state index contributed by atoms with van der Waals surface area (Å²) in [5.74, 6) is 0.808. The second kappa shape index (κ2) is 4.05. The van der Waals surface area contributed by atoms with Gasteiger partial charge < -0.3 is 4.90 Å². The molecule has 3 heteroatoms. The molecule has 3 rings (SSSR count). The van der Waals surface area contributed by atoms with Gasteiger partial charge in [-0.25, -0.2) is 9.97 Å². The van der Waals surface area contributed by atoms with Crippen LogP contribution < -0.4 is 4.90 Å². The van der Waals surface area contributed by atoms with Crippen molar-refractivity contribution in [1.29, 1.82) is 0 Å². The molecule has 0 fully saturated rings. The lowest BCUT2D eigenvalue weighted by Crippen LogP contribution is -2.24. The maximum atomic E-state index is 4.27. The van der Waals surface area contributed by atoms with Gasteiger partial charge in [0.25, 0.3) is 0 Å². The van der Waals surface area contributed by atoms with Crippen molar-refractivity contribution >= 4 is 5.69 Å². The minimum absolute atomic E-state index is 0.229. The van der Waals surface area contributed by atoms with Gasteiger partial charge in [0.1, 0.15) is 5.82 Å². The van der Waals surface area contributed by atoms with Crippen LogP contribution >= 0.6 is 0 Å². The molecule has 0 N–H and O–H groups in total. The molecule has 0 radical (unpaired) electrons. The molecule has 0 atom stereocenters. The third kappa shape index (κ3) is 1.99. The van der Waals surface area contributed by atoms with E-state index in [9.17, 15) is 0 Å². The molecule has 0 unspecified atom stereocenters. The third-order valence-corrected chi connectivity index (χ3v) is 3.88. The van der Waals surface area contributed by atoms with E-state index in [4.69, 9.17) is 0 Å². The number of hydrogen-bond donors (Lipinski definition) is 0. The zero-order valence-electron chi connectivity index (χ0n) is 11.9. The van der Waals surface area contributed by atoms with Crippen molar-refractivity contribution in [3.63, 3.8) is 0 Å². The molecule has 0 amide bonds. The van der Waals surface area contributed by atoms with Gasteiger partial charge in [0, 0.05) is 42.7 Å². The van der Waals surface area contributed by atoms with E-state index in [0.29, 0.717) is 0 Å². The number of nitrogens with zero attached hydrogens (tertiary/aromatic N) is 3. The number of fused-ring (bicyclic) bond motifs is 1. The van der Waals surface area contributed by atoms with Crippen LogP contribution in [0.1, 0.15) is 25.2 Å². The maximum Gasteiger partial charge on any atom is 0.125 e. The second-order valence-electron chi connectivity index (χ2n) is 5.99. The number of likely N-dealkylation sites (N-methyl/N-ethyl adjacent to an activating group) is 1. The average molecular weight is 253 g/mol. The maximum absolute atomic E-state index is 4.27. The molecular weight excluding hydrogens is 234 g/mol. The van der Waals surface area contributed by atoms with E-state index in [1.807, 2.05) is 19.3 Å². The molecule has 2 aromatic rings. The van der Waals surface area contributed by atoms with Crippen LogP contribution in [0.15, 0.2) is 30.6 Å². The molecule has 98 valence electrons. The van der Waals surface area contributed by atoms with Crippen molar-refractivity contribution in [3.05, 3.63) is 42.0 Å². The first-order valence-electron chi connectivity index (χ1n) is 6.62. The van der Waals surface area contributed by atoms with Crippen LogP contribution in [0, 0.1) is 6.92 Å². The first kappa shape index (κ1) is 12.2. The van der Waals surface area contributed by atoms with E-state index < -0.39 is 0 Å². The summed E-state index contributed by atoms with van der Waals surface area (Å²) in [5.41, 5.74) is 5.23. The molecule has 0 saturated heterocycles. The van der Waals surface area contributed by atoms with Crippen LogP contribution in [0.5, 0.6) is 0 Å². The minimum Gasteiger partial charge on any atom is -0.373 e. The lowest BCUT2D eigenvalue weighted by Gasteiger charge is -2.18. The van der Waals surface area contributed by atoms with Gasteiger partial charge in [-0.15, -0.1) is 0 Å². The summed E-state index contributed by atoms with van der Waals surface area (Å²) in [6.45, 7) is 7.56. The van der Waals surface area contributed by atoms with E-state index in [1.54, 1.807) is 0 Å². The van der Waals surface area contributed by atoms with E-state index in [1.165, 1.54) is 16.8 Å². The number of aryl methyl sites for hydroxylation is 1. The highest BCUT2D eigenvalue weighted by Gasteiger charge is 2.33. The Kier molecular flexibility index (Phi) is 2.59. The van der Waals surface area contributed by atoms with Gasteiger partial charge >= 0.3 is 0 Å². The fourth-order valence-corrected chi connectivity index (χ4v) is 2.90. The summed E-state index contributed by atoms with van der Waals surface area (Å²) in [5, 5.41) is 0. The minimum atomic E-state index is 0.229. The van der Waals surface area contributed by atoms with Gasteiger partial charge in [-0.05, 0) is 24.1 Å². The van der Waals surface area contributed by atoms with Crippen LogP contribution in [0.3, 0.4) is 0 Å². The topological polar surface area (TPSA) is 29.0 Å². The predicted molar refractivity (Wildman–Crippen MR) is 78.5 cm³/mol. The second-order valence-corrected chi connectivity index (χ2v) is 5.99. The Hall–Kier alpha value is -1.90. The molecule has 1 aliphatic heterocycles. The molecule has 0 bridgehead atoms. The predicted octanol–water partition coefficient (Wildman–Crippen LogP) is 3.18. The van der Waals surface area contributed by atoms with Gasteiger partial charge in [-0.1, -0.05) is 26.0 Å². The van der Waals surface area contributed by atoms with Crippen molar-refractivity contribution in [2.45, 2.75) is 26.2 Å². The largest absolute Gasteiger partial charge is 0.373 e. The van der Waals surface area contributed by atoms with E-state index >= 15 is 0 Å². The molecular formula is C16H19N3. The highest BCUT2D eigenvalue weighted by molar-refractivity contribution is 5.72. The molecule has 2 heterocycles. The van der Waals surface area contributed by atoms with Gasteiger partial charge in [0.15, 0.2) is 0 Å². The summed E-state index contributed by atoms with van der Waals surface area (Å²) in [4.78, 5) is 10.9. The van der Waals surface area contributed by atoms with Crippen LogP contribution in [-0.4, -0.2) is 23.6 Å². The number of aromatic nitrogens is 2.